The van der Waals surface area contributed by atoms with E-state index in [2.05, 4.69) is 40.3 Å². The SMILES string of the molecule is CCC(=O)CCCCCC(CO)c1ncc(-c2ccc3ccccc3c2)[nH]1. The molecule has 0 radical (unpaired) electrons. The molecule has 0 aliphatic heterocycles. The van der Waals surface area contributed by atoms with E-state index in [4.69, 9.17) is 0 Å². The largest absolute Gasteiger partial charge is 0.396 e. The van der Waals surface area contributed by atoms with Gasteiger partial charge in [0.15, 0.2) is 0 Å². The minimum Gasteiger partial charge on any atom is -0.396 e. The first-order chi connectivity index (χ1) is 13.2. The van der Waals surface area contributed by atoms with Crippen molar-refractivity contribution in [1.82, 2.24) is 9.97 Å². The average molecular weight is 364 g/mol. The number of carbonyl (C=O) groups is 1. The Kier molecular flexibility index (Phi) is 6.77. The third-order valence-corrected chi connectivity index (χ3v) is 5.17. The number of carbonyl (C=O) groups excluding carboxylic acids is 1. The van der Waals surface area contributed by atoms with Crippen molar-refractivity contribution < 1.29 is 9.90 Å². The molecule has 3 rings (SSSR count). The fourth-order valence-corrected chi connectivity index (χ4v) is 3.43. The van der Waals surface area contributed by atoms with Crippen LogP contribution in [0.15, 0.2) is 48.7 Å². The lowest BCUT2D eigenvalue weighted by atomic mass is 10.00. The van der Waals surface area contributed by atoms with Crippen LogP contribution in [0.25, 0.3) is 22.0 Å². The van der Waals surface area contributed by atoms with E-state index in [1.54, 1.807) is 0 Å². The highest BCUT2D eigenvalue weighted by atomic mass is 16.3. The van der Waals surface area contributed by atoms with Gasteiger partial charge in [-0.25, -0.2) is 4.98 Å². The van der Waals surface area contributed by atoms with Crippen molar-refractivity contribution in [1.29, 1.82) is 0 Å². The van der Waals surface area contributed by atoms with Gasteiger partial charge in [-0.3, -0.25) is 4.79 Å². The van der Waals surface area contributed by atoms with Crippen LogP contribution >= 0.6 is 0 Å². The second-order valence-corrected chi connectivity index (χ2v) is 7.12. The molecule has 1 atom stereocenters. The maximum absolute atomic E-state index is 11.4. The molecule has 0 amide bonds. The number of H-pyrrole nitrogens is 1. The van der Waals surface area contributed by atoms with E-state index in [0.29, 0.717) is 18.6 Å². The first-order valence-electron chi connectivity index (χ1n) is 9.88. The molecule has 142 valence electrons. The summed E-state index contributed by atoms with van der Waals surface area (Å²) in [6.07, 6.45) is 6.97. The molecule has 1 unspecified atom stereocenters. The Morgan fingerprint density at radius 2 is 1.93 bits per heavy atom. The molecule has 1 aromatic heterocycles. The molecule has 1 heterocycles. The summed E-state index contributed by atoms with van der Waals surface area (Å²) >= 11 is 0. The Morgan fingerprint density at radius 1 is 1.11 bits per heavy atom. The quantitative estimate of drug-likeness (QED) is 0.484. The lowest BCUT2D eigenvalue weighted by Gasteiger charge is -2.11. The Bertz CT molecular complexity index is 885. The molecule has 0 aliphatic rings. The van der Waals surface area contributed by atoms with Crippen molar-refractivity contribution >= 4 is 16.6 Å². The summed E-state index contributed by atoms with van der Waals surface area (Å²) in [7, 11) is 0. The molecule has 4 nitrogen and oxygen atoms in total. The first kappa shape index (κ1) is 19.3. The van der Waals surface area contributed by atoms with Crippen molar-refractivity contribution in [2.75, 3.05) is 6.61 Å². The zero-order valence-corrected chi connectivity index (χ0v) is 15.9. The lowest BCUT2D eigenvalue weighted by Crippen LogP contribution is -2.06. The molecule has 4 heteroatoms. The van der Waals surface area contributed by atoms with Crippen LogP contribution in [0.4, 0.5) is 0 Å². The molecule has 0 saturated carbocycles. The predicted octanol–water partition coefficient (Wildman–Crippen LogP) is 5.24. The van der Waals surface area contributed by atoms with Gasteiger partial charge >= 0.3 is 0 Å². The van der Waals surface area contributed by atoms with Crippen LogP contribution in [0.1, 0.15) is 57.2 Å². The fourth-order valence-electron chi connectivity index (χ4n) is 3.43. The highest BCUT2D eigenvalue weighted by molar-refractivity contribution is 5.86. The van der Waals surface area contributed by atoms with E-state index >= 15 is 0 Å². The average Bonchev–Trinajstić information content (AvgIpc) is 3.20. The van der Waals surface area contributed by atoms with Crippen LogP contribution in [0.5, 0.6) is 0 Å². The molecule has 27 heavy (non-hydrogen) atoms. The topological polar surface area (TPSA) is 66.0 Å². The number of unbranched alkanes of at least 4 members (excludes halogenated alkanes) is 2. The summed E-state index contributed by atoms with van der Waals surface area (Å²) in [5, 5.41) is 12.2. The lowest BCUT2D eigenvalue weighted by molar-refractivity contribution is -0.118. The molecule has 0 saturated heterocycles. The molecule has 3 aromatic rings. The van der Waals surface area contributed by atoms with Gasteiger partial charge in [-0.05, 0) is 29.7 Å². The number of ketones is 1. The van der Waals surface area contributed by atoms with Crippen molar-refractivity contribution in [2.45, 2.75) is 51.4 Å². The summed E-state index contributed by atoms with van der Waals surface area (Å²) < 4.78 is 0. The van der Waals surface area contributed by atoms with Gasteiger partial charge in [0, 0.05) is 24.3 Å². The van der Waals surface area contributed by atoms with E-state index in [1.807, 2.05) is 25.3 Å². The summed E-state index contributed by atoms with van der Waals surface area (Å²) in [4.78, 5) is 19.3. The molecular weight excluding hydrogens is 336 g/mol. The Labute approximate surface area is 160 Å². The Hall–Kier alpha value is -2.46. The number of aromatic amines is 1. The maximum atomic E-state index is 11.4. The minimum atomic E-state index is 0.0149. The number of aliphatic hydroxyl groups excluding tert-OH is 1. The second kappa shape index (κ2) is 9.47. The third kappa shape index (κ3) is 5.04. The molecule has 0 aliphatic carbocycles. The zero-order valence-electron chi connectivity index (χ0n) is 15.9. The number of imidazole rings is 1. The van der Waals surface area contributed by atoms with Crippen LogP contribution in [-0.2, 0) is 4.79 Å². The van der Waals surface area contributed by atoms with E-state index in [9.17, 15) is 9.90 Å². The van der Waals surface area contributed by atoms with Gasteiger partial charge < -0.3 is 10.1 Å². The van der Waals surface area contributed by atoms with E-state index in [1.165, 1.54) is 10.8 Å². The summed E-state index contributed by atoms with van der Waals surface area (Å²) in [5.41, 5.74) is 2.07. The number of nitrogens with one attached hydrogen (secondary N) is 1. The summed E-state index contributed by atoms with van der Waals surface area (Å²) in [6, 6.07) is 14.7. The highest BCUT2D eigenvalue weighted by Gasteiger charge is 2.15. The Morgan fingerprint density at radius 3 is 2.70 bits per heavy atom. The molecular formula is C23H28N2O2. The number of aromatic nitrogens is 2. The molecule has 2 N–H and O–H groups in total. The van der Waals surface area contributed by atoms with Crippen molar-refractivity contribution in [2.24, 2.45) is 0 Å². The number of benzene rings is 2. The van der Waals surface area contributed by atoms with E-state index in [-0.39, 0.29) is 12.5 Å². The van der Waals surface area contributed by atoms with Crippen molar-refractivity contribution in [3.05, 3.63) is 54.5 Å². The summed E-state index contributed by atoms with van der Waals surface area (Å²) in [5.74, 6) is 1.19. The van der Waals surface area contributed by atoms with E-state index in [0.717, 1.165) is 42.8 Å². The molecule has 2 aromatic carbocycles. The van der Waals surface area contributed by atoms with Crippen molar-refractivity contribution in [3.8, 4) is 11.3 Å². The monoisotopic (exact) mass is 364 g/mol. The van der Waals surface area contributed by atoms with Crippen LogP contribution in [-0.4, -0.2) is 27.5 Å². The van der Waals surface area contributed by atoms with Crippen LogP contribution in [0.3, 0.4) is 0 Å². The number of hydrogen-bond acceptors (Lipinski definition) is 3. The Balaban J connectivity index is 1.61. The normalized spacial score (nSPS) is 12.4. The first-order valence-corrected chi connectivity index (χ1v) is 9.88. The minimum absolute atomic E-state index is 0.0149. The smallest absolute Gasteiger partial charge is 0.132 e. The number of Topliss-reactive ketones (excluding diaryl/α,β-unsaturated/α-hetero) is 1. The van der Waals surface area contributed by atoms with Crippen LogP contribution < -0.4 is 0 Å². The molecule has 0 spiro atoms. The molecule has 0 bridgehead atoms. The van der Waals surface area contributed by atoms with Gasteiger partial charge in [0.2, 0.25) is 0 Å². The van der Waals surface area contributed by atoms with Gasteiger partial charge in [0.1, 0.15) is 11.6 Å². The van der Waals surface area contributed by atoms with Gasteiger partial charge in [0.05, 0.1) is 18.5 Å². The second-order valence-electron chi connectivity index (χ2n) is 7.12. The molecule has 0 fully saturated rings. The van der Waals surface area contributed by atoms with Crippen LogP contribution in [0.2, 0.25) is 0 Å². The van der Waals surface area contributed by atoms with Crippen molar-refractivity contribution in [3.63, 3.8) is 0 Å². The number of hydrogen-bond donors (Lipinski definition) is 2. The van der Waals surface area contributed by atoms with Gasteiger partial charge in [-0.15, -0.1) is 0 Å². The number of fused-ring (bicyclic) bond motifs is 1. The van der Waals surface area contributed by atoms with E-state index < -0.39 is 0 Å². The van der Waals surface area contributed by atoms with Gasteiger partial charge in [-0.2, -0.15) is 0 Å². The zero-order chi connectivity index (χ0) is 19.1. The maximum Gasteiger partial charge on any atom is 0.132 e. The third-order valence-electron chi connectivity index (χ3n) is 5.17. The van der Waals surface area contributed by atoms with Gasteiger partial charge in [-0.1, -0.05) is 56.2 Å². The number of nitrogens with zero attached hydrogens (tertiary/aromatic N) is 1. The number of rotatable bonds is 10. The fraction of sp³-hybridized carbons (Fsp3) is 0.391. The predicted molar refractivity (Wildman–Crippen MR) is 110 cm³/mol. The standard InChI is InChI=1S/C23H28N2O2/c1-2-21(27)11-5-3-4-10-20(16-26)23-24-15-22(25-23)19-13-12-17-8-6-7-9-18(17)14-19/h6-9,12-15,20,26H,2-5,10-11,16H2,1H3,(H,24,25). The van der Waals surface area contributed by atoms with Crippen LogP contribution in [0, 0.1) is 0 Å². The summed E-state index contributed by atoms with van der Waals surface area (Å²) in [6.45, 7) is 1.99. The highest BCUT2D eigenvalue weighted by Crippen LogP contribution is 2.26. The van der Waals surface area contributed by atoms with Gasteiger partial charge in [0.25, 0.3) is 0 Å². The number of aliphatic hydroxyl groups is 1.